The Morgan fingerprint density at radius 1 is 0.731 bits per heavy atom. The molecule has 26 heavy (non-hydrogen) atoms. The summed E-state index contributed by atoms with van der Waals surface area (Å²) in [6.07, 6.45) is 0. The highest BCUT2D eigenvalue weighted by molar-refractivity contribution is 5.93. The summed E-state index contributed by atoms with van der Waals surface area (Å²) < 4.78 is 9.92. The third kappa shape index (κ3) is 3.46. The van der Waals surface area contributed by atoms with Crippen LogP contribution in [0.3, 0.4) is 0 Å². The van der Waals surface area contributed by atoms with Crippen LogP contribution in [0.15, 0.2) is 24.3 Å². The van der Waals surface area contributed by atoms with E-state index in [0.717, 1.165) is 0 Å². The number of ketones is 1. The zero-order valence-corrected chi connectivity index (χ0v) is 15.0. The second kappa shape index (κ2) is 7.43. The molecular weight excluding hydrogens is 340 g/mol. The highest BCUT2D eigenvalue weighted by atomic mass is 16.5. The number of benzene rings is 2. The Labute approximate surface area is 151 Å². The lowest BCUT2D eigenvalue weighted by molar-refractivity contribution is -0.121. The standard InChI is InChI=1S/C19H22O7/c1-9(17-13(20)5-11(25-3)6-14(17)21)19(24)10(2)18-15(22)7-12(26-4)8-16(18)23/h5-10,20-23H,1-4H3. The van der Waals surface area contributed by atoms with Crippen molar-refractivity contribution in [2.24, 2.45) is 0 Å². The molecule has 2 atom stereocenters. The van der Waals surface area contributed by atoms with Crippen LogP contribution in [0.1, 0.15) is 36.8 Å². The van der Waals surface area contributed by atoms with Gasteiger partial charge in [-0.25, -0.2) is 0 Å². The monoisotopic (exact) mass is 362 g/mol. The molecule has 2 unspecified atom stereocenters. The van der Waals surface area contributed by atoms with E-state index in [0.29, 0.717) is 0 Å². The van der Waals surface area contributed by atoms with Crippen molar-refractivity contribution in [3.63, 3.8) is 0 Å². The molecule has 0 saturated heterocycles. The molecule has 0 spiro atoms. The molecule has 0 heterocycles. The number of phenolic OH excluding ortho intramolecular Hbond substituents is 4. The molecule has 0 bridgehead atoms. The number of rotatable bonds is 6. The largest absolute Gasteiger partial charge is 0.507 e. The van der Waals surface area contributed by atoms with Gasteiger partial charge < -0.3 is 29.9 Å². The van der Waals surface area contributed by atoms with Gasteiger partial charge >= 0.3 is 0 Å². The van der Waals surface area contributed by atoms with E-state index >= 15 is 0 Å². The number of hydrogen-bond donors (Lipinski definition) is 4. The average Bonchev–Trinajstić information content (AvgIpc) is 2.59. The SMILES string of the molecule is COc1cc(O)c(C(C)C(=O)C(C)c2c(O)cc(OC)cc2O)c(O)c1. The second-order valence-corrected chi connectivity index (χ2v) is 6.00. The molecule has 0 radical (unpaired) electrons. The van der Waals surface area contributed by atoms with Crippen LogP contribution in [0.25, 0.3) is 0 Å². The van der Waals surface area contributed by atoms with E-state index in [4.69, 9.17) is 9.47 Å². The minimum absolute atomic E-state index is 0.0511. The van der Waals surface area contributed by atoms with Crippen LogP contribution in [0.2, 0.25) is 0 Å². The first kappa shape index (κ1) is 19.2. The van der Waals surface area contributed by atoms with Crippen molar-refractivity contribution in [3.8, 4) is 34.5 Å². The van der Waals surface area contributed by atoms with E-state index in [-0.39, 0.29) is 45.6 Å². The van der Waals surface area contributed by atoms with E-state index in [1.807, 2.05) is 0 Å². The van der Waals surface area contributed by atoms with Crippen molar-refractivity contribution >= 4 is 5.78 Å². The quantitative estimate of drug-likeness (QED) is 0.624. The topological polar surface area (TPSA) is 116 Å². The fourth-order valence-electron chi connectivity index (χ4n) is 2.98. The summed E-state index contributed by atoms with van der Waals surface area (Å²) in [5.41, 5.74) is 0.102. The highest BCUT2D eigenvalue weighted by Crippen LogP contribution is 2.43. The Morgan fingerprint density at radius 2 is 1.00 bits per heavy atom. The average molecular weight is 362 g/mol. The maximum Gasteiger partial charge on any atom is 0.147 e. The molecule has 4 N–H and O–H groups in total. The Morgan fingerprint density at radius 3 is 1.23 bits per heavy atom. The van der Waals surface area contributed by atoms with Gasteiger partial charge in [0.2, 0.25) is 0 Å². The number of ether oxygens (including phenoxy) is 2. The number of phenols is 4. The Hall–Kier alpha value is -3.09. The number of carbonyl (C=O) groups excluding carboxylic acids is 1. The van der Waals surface area contributed by atoms with Crippen molar-refractivity contribution in [1.29, 1.82) is 0 Å². The summed E-state index contributed by atoms with van der Waals surface area (Å²) >= 11 is 0. The number of carbonyl (C=O) groups is 1. The molecule has 0 saturated carbocycles. The van der Waals surface area contributed by atoms with Gasteiger partial charge in [0.05, 0.1) is 14.2 Å². The summed E-state index contributed by atoms with van der Waals surface area (Å²) in [5.74, 6) is -2.80. The van der Waals surface area contributed by atoms with Crippen molar-refractivity contribution in [1.82, 2.24) is 0 Å². The first-order valence-corrected chi connectivity index (χ1v) is 7.94. The van der Waals surface area contributed by atoms with E-state index < -0.39 is 17.6 Å². The maximum atomic E-state index is 12.9. The minimum atomic E-state index is -0.892. The van der Waals surface area contributed by atoms with Crippen molar-refractivity contribution in [2.75, 3.05) is 14.2 Å². The van der Waals surface area contributed by atoms with E-state index in [2.05, 4.69) is 0 Å². The molecule has 0 aromatic heterocycles. The van der Waals surface area contributed by atoms with Crippen LogP contribution in [-0.2, 0) is 4.79 Å². The molecular formula is C19H22O7. The summed E-state index contributed by atoms with van der Waals surface area (Å²) in [7, 11) is 2.78. The second-order valence-electron chi connectivity index (χ2n) is 6.00. The molecule has 0 aliphatic rings. The summed E-state index contributed by atoms with van der Waals surface area (Å²) in [6, 6.07) is 5.19. The Bertz CT molecular complexity index is 715. The molecule has 0 fully saturated rings. The number of methoxy groups -OCH3 is 2. The van der Waals surface area contributed by atoms with Gasteiger partial charge in [0, 0.05) is 47.2 Å². The normalized spacial score (nSPS) is 13.1. The minimum Gasteiger partial charge on any atom is -0.507 e. The lowest BCUT2D eigenvalue weighted by Crippen LogP contribution is -2.17. The number of aromatic hydroxyl groups is 4. The number of Topliss-reactive ketones (excluding diaryl/α,β-unsaturated/α-hetero) is 1. The van der Waals surface area contributed by atoms with Crippen LogP contribution in [-0.4, -0.2) is 40.4 Å². The zero-order chi connectivity index (χ0) is 19.6. The first-order valence-electron chi connectivity index (χ1n) is 7.94. The van der Waals surface area contributed by atoms with Gasteiger partial charge in [0.1, 0.15) is 40.3 Å². The van der Waals surface area contributed by atoms with Crippen LogP contribution in [0.4, 0.5) is 0 Å². The summed E-state index contributed by atoms with van der Waals surface area (Å²) in [5, 5.41) is 40.6. The van der Waals surface area contributed by atoms with Crippen LogP contribution < -0.4 is 9.47 Å². The Kier molecular flexibility index (Phi) is 5.50. The fraction of sp³-hybridized carbons (Fsp3) is 0.316. The van der Waals surface area contributed by atoms with Crippen LogP contribution in [0.5, 0.6) is 34.5 Å². The zero-order valence-electron chi connectivity index (χ0n) is 15.0. The van der Waals surface area contributed by atoms with E-state index in [9.17, 15) is 25.2 Å². The lowest BCUT2D eigenvalue weighted by atomic mass is 9.84. The van der Waals surface area contributed by atoms with Gasteiger partial charge in [-0.15, -0.1) is 0 Å². The van der Waals surface area contributed by atoms with Crippen molar-refractivity contribution in [2.45, 2.75) is 25.7 Å². The van der Waals surface area contributed by atoms with Crippen LogP contribution in [0, 0.1) is 0 Å². The molecule has 7 heteroatoms. The number of hydrogen-bond acceptors (Lipinski definition) is 7. The molecule has 2 aromatic rings. The lowest BCUT2D eigenvalue weighted by Gasteiger charge is -2.21. The maximum absolute atomic E-state index is 12.9. The fourth-order valence-corrected chi connectivity index (χ4v) is 2.98. The smallest absolute Gasteiger partial charge is 0.147 e. The molecule has 0 aliphatic carbocycles. The summed E-state index contributed by atoms with van der Waals surface area (Å²) in [6.45, 7) is 3.05. The van der Waals surface area contributed by atoms with E-state index in [1.165, 1.54) is 52.3 Å². The predicted octanol–water partition coefficient (Wildman–Crippen LogP) is 3.00. The molecule has 2 aromatic carbocycles. The van der Waals surface area contributed by atoms with Gasteiger partial charge in [0.25, 0.3) is 0 Å². The molecule has 140 valence electrons. The van der Waals surface area contributed by atoms with Crippen LogP contribution >= 0.6 is 0 Å². The molecule has 0 amide bonds. The van der Waals surface area contributed by atoms with Gasteiger partial charge in [-0.1, -0.05) is 13.8 Å². The third-order valence-corrected chi connectivity index (χ3v) is 4.41. The van der Waals surface area contributed by atoms with Gasteiger partial charge in [-0.05, 0) is 0 Å². The molecule has 2 rings (SSSR count). The molecule has 0 aliphatic heterocycles. The van der Waals surface area contributed by atoms with Gasteiger partial charge in [0.15, 0.2) is 0 Å². The third-order valence-electron chi connectivity index (χ3n) is 4.41. The van der Waals surface area contributed by atoms with Crippen molar-refractivity contribution < 1.29 is 34.7 Å². The van der Waals surface area contributed by atoms with Gasteiger partial charge in [-0.2, -0.15) is 0 Å². The predicted molar refractivity (Wildman–Crippen MR) is 94.5 cm³/mol. The highest BCUT2D eigenvalue weighted by Gasteiger charge is 2.30. The Balaban J connectivity index is 2.40. The van der Waals surface area contributed by atoms with Gasteiger partial charge in [-0.3, -0.25) is 4.79 Å². The van der Waals surface area contributed by atoms with Crippen molar-refractivity contribution in [3.05, 3.63) is 35.4 Å². The first-order chi connectivity index (χ1) is 12.2. The molecule has 7 nitrogen and oxygen atoms in total. The van der Waals surface area contributed by atoms with E-state index in [1.54, 1.807) is 0 Å². The summed E-state index contributed by atoms with van der Waals surface area (Å²) in [4.78, 5) is 12.9.